The van der Waals surface area contributed by atoms with Crippen molar-refractivity contribution in [2.24, 2.45) is 0 Å². The molecule has 0 spiro atoms. The Bertz CT molecular complexity index is 928. The number of ether oxygens (including phenoxy) is 1. The molecule has 0 heterocycles. The summed E-state index contributed by atoms with van der Waals surface area (Å²) < 4.78 is 6.00. The fourth-order valence-electron chi connectivity index (χ4n) is 3.90. The maximum absolute atomic E-state index is 12.9. The summed E-state index contributed by atoms with van der Waals surface area (Å²) in [4.78, 5) is 12.9. The summed E-state index contributed by atoms with van der Waals surface area (Å²) in [5.74, 6) is 0.802. The third-order valence-corrected chi connectivity index (χ3v) is 5.50. The maximum Gasteiger partial charge on any atom is 0.255 e. The van der Waals surface area contributed by atoms with E-state index in [0.717, 1.165) is 48.2 Å². The molecule has 3 heteroatoms. The van der Waals surface area contributed by atoms with Gasteiger partial charge in [0.2, 0.25) is 0 Å². The zero-order chi connectivity index (χ0) is 19.9. The van der Waals surface area contributed by atoms with Gasteiger partial charge in [-0.3, -0.25) is 4.79 Å². The van der Waals surface area contributed by atoms with Crippen LogP contribution in [0.3, 0.4) is 0 Å². The van der Waals surface area contributed by atoms with Gasteiger partial charge < -0.3 is 10.1 Å². The highest BCUT2D eigenvalue weighted by molar-refractivity contribution is 6.05. The topological polar surface area (TPSA) is 38.3 Å². The Morgan fingerprint density at radius 1 is 0.828 bits per heavy atom. The van der Waals surface area contributed by atoms with Crippen LogP contribution in [0.5, 0.6) is 5.75 Å². The molecule has 1 aliphatic carbocycles. The molecule has 1 amide bonds. The van der Waals surface area contributed by atoms with Crippen LogP contribution in [-0.4, -0.2) is 12.0 Å². The van der Waals surface area contributed by atoms with E-state index in [1.807, 2.05) is 66.7 Å². The van der Waals surface area contributed by atoms with Crippen molar-refractivity contribution in [1.29, 1.82) is 0 Å². The molecule has 0 bridgehead atoms. The van der Waals surface area contributed by atoms with Gasteiger partial charge in [-0.2, -0.15) is 0 Å². The molecule has 3 aromatic rings. The van der Waals surface area contributed by atoms with Gasteiger partial charge in [-0.05, 0) is 80.0 Å². The highest BCUT2D eigenvalue weighted by Gasteiger charge is 2.16. The minimum absolute atomic E-state index is 0.0712. The summed E-state index contributed by atoms with van der Waals surface area (Å²) in [5.41, 5.74) is 3.86. The largest absolute Gasteiger partial charge is 0.490 e. The summed E-state index contributed by atoms with van der Waals surface area (Å²) >= 11 is 0. The van der Waals surface area contributed by atoms with Crippen LogP contribution >= 0.6 is 0 Å². The van der Waals surface area contributed by atoms with E-state index in [1.54, 1.807) is 0 Å². The number of rotatable bonds is 7. The number of carbonyl (C=O) groups excluding carboxylic acids is 1. The number of aryl methyl sites for hydroxylation is 2. The van der Waals surface area contributed by atoms with Gasteiger partial charge in [-0.25, -0.2) is 0 Å². The molecule has 1 fully saturated rings. The number of hydrogen-bond donors (Lipinski definition) is 1. The van der Waals surface area contributed by atoms with E-state index in [1.165, 1.54) is 18.4 Å². The van der Waals surface area contributed by atoms with Gasteiger partial charge in [0, 0.05) is 11.3 Å². The zero-order valence-corrected chi connectivity index (χ0v) is 16.6. The fraction of sp³-hybridized carbons (Fsp3) is 0.269. The van der Waals surface area contributed by atoms with Crippen molar-refractivity contribution in [1.82, 2.24) is 0 Å². The Morgan fingerprint density at radius 3 is 2.28 bits per heavy atom. The van der Waals surface area contributed by atoms with Crippen molar-refractivity contribution >= 4 is 11.6 Å². The van der Waals surface area contributed by atoms with Crippen LogP contribution in [0.15, 0.2) is 78.9 Å². The molecule has 3 nitrogen and oxygen atoms in total. The summed E-state index contributed by atoms with van der Waals surface area (Å²) in [6.07, 6.45) is 6.87. The monoisotopic (exact) mass is 385 g/mol. The van der Waals surface area contributed by atoms with Gasteiger partial charge in [0.15, 0.2) is 0 Å². The molecule has 0 aromatic heterocycles. The second-order valence-electron chi connectivity index (χ2n) is 7.65. The van der Waals surface area contributed by atoms with Crippen LogP contribution < -0.4 is 10.1 Å². The summed E-state index contributed by atoms with van der Waals surface area (Å²) in [7, 11) is 0. The maximum atomic E-state index is 12.9. The van der Waals surface area contributed by atoms with Crippen molar-refractivity contribution in [3.05, 3.63) is 95.6 Å². The first-order valence-corrected chi connectivity index (χ1v) is 10.5. The van der Waals surface area contributed by atoms with Crippen LogP contribution in [0.2, 0.25) is 0 Å². The van der Waals surface area contributed by atoms with Gasteiger partial charge >= 0.3 is 0 Å². The molecule has 148 valence electrons. The van der Waals surface area contributed by atoms with Crippen LogP contribution in [-0.2, 0) is 12.8 Å². The molecule has 0 atom stereocenters. The quantitative estimate of drug-likeness (QED) is 0.538. The fourth-order valence-corrected chi connectivity index (χ4v) is 3.90. The zero-order valence-electron chi connectivity index (χ0n) is 16.6. The smallest absolute Gasteiger partial charge is 0.255 e. The highest BCUT2D eigenvalue weighted by Crippen LogP contribution is 2.25. The summed E-state index contributed by atoms with van der Waals surface area (Å²) in [6, 6.07) is 25.9. The van der Waals surface area contributed by atoms with Crippen LogP contribution in [0, 0.1) is 0 Å². The first kappa shape index (κ1) is 19.3. The van der Waals surface area contributed by atoms with Crippen LogP contribution in [0.4, 0.5) is 5.69 Å². The molecule has 0 aliphatic heterocycles. The number of amides is 1. The molecule has 0 radical (unpaired) electrons. The Kier molecular flexibility index (Phi) is 6.25. The molecule has 0 saturated heterocycles. The van der Waals surface area contributed by atoms with Crippen molar-refractivity contribution in [3.8, 4) is 5.75 Å². The lowest BCUT2D eigenvalue weighted by Gasteiger charge is -2.14. The Balaban J connectivity index is 1.39. The van der Waals surface area contributed by atoms with Crippen molar-refractivity contribution in [3.63, 3.8) is 0 Å². The molecule has 29 heavy (non-hydrogen) atoms. The standard InChI is InChI=1S/C26H27NO2/c28-26(27-22-16-18-24(19-17-22)29-23-11-5-6-12-23)25-13-7-4-10-21(25)15-14-20-8-2-1-3-9-20/h1-4,7-10,13,16-19,23H,5-6,11-12,14-15H2,(H,27,28). The summed E-state index contributed by atoms with van der Waals surface area (Å²) in [6.45, 7) is 0. The molecule has 0 unspecified atom stereocenters. The number of nitrogens with one attached hydrogen (secondary N) is 1. The predicted octanol–water partition coefficient (Wildman–Crippen LogP) is 6.05. The number of benzene rings is 3. The molecule has 1 N–H and O–H groups in total. The average molecular weight is 386 g/mol. The Labute approximate surface area is 172 Å². The molecule has 1 aliphatic rings. The van der Waals surface area contributed by atoms with E-state index in [4.69, 9.17) is 4.74 Å². The van der Waals surface area contributed by atoms with E-state index < -0.39 is 0 Å². The third kappa shape index (κ3) is 5.26. The molecular formula is C26H27NO2. The lowest BCUT2D eigenvalue weighted by molar-refractivity contribution is 0.102. The second kappa shape index (κ2) is 9.42. The number of hydrogen-bond acceptors (Lipinski definition) is 2. The van der Waals surface area contributed by atoms with Crippen molar-refractivity contribution in [2.75, 3.05) is 5.32 Å². The van der Waals surface area contributed by atoms with Crippen molar-refractivity contribution < 1.29 is 9.53 Å². The minimum Gasteiger partial charge on any atom is -0.490 e. The minimum atomic E-state index is -0.0712. The van der Waals surface area contributed by atoms with Crippen LogP contribution in [0.25, 0.3) is 0 Å². The molecule has 3 aromatic carbocycles. The molecule has 1 saturated carbocycles. The Morgan fingerprint density at radius 2 is 1.52 bits per heavy atom. The predicted molar refractivity (Wildman–Crippen MR) is 118 cm³/mol. The second-order valence-corrected chi connectivity index (χ2v) is 7.65. The van der Waals surface area contributed by atoms with Gasteiger partial charge in [0.05, 0.1) is 6.10 Å². The van der Waals surface area contributed by atoms with E-state index in [-0.39, 0.29) is 5.91 Å². The van der Waals surface area contributed by atoms with Gasteiger partial charge in [0.1, 0.15) is 5.75 Å². The third-order valence-electron chi connectivity index (χ3n) is 5.50. The number of anilines is 1. The first-order chi connectivity index (χ1) is 14.3. The molecular weight excluding hydrogens is 358 g/mol. The SMILES string of the molecule is O=C(Nc1ccc(OC2CCCC2)cc1)c1ccccc1CCc1ccccc1. The van der Waals surface area contributed by atoms with E-state index in [0.29, 0.717) is 6.10 Å². The van der Waals surface area contributed by atoms with E-state index >= 15 is 0 Å². The lowest BCUT2D eigenvalue weighted by Crippen LogP contribution is -2.15. The number of carbonyl (C=O) groups is 1. The van der Waals surface area contributed by atoms with E-state index in [2.05, 4.69) is 17.4 Å². The lowest BCUT2D eigenvalue weighted by atomic mass is 9.99. The van der Waals surface area contributed by atoms with Gasteiger partial charge in [0.25, 0.3) is 5.91 Å². The highest BCUT2D eigenvalue weighted by atomic mass is 16.5. The van der Waals surface area contributed by atoms with E-state index in [9.17, 15) is 4.79 Å². The van der Waals surface area contributed by atoms with Crippen molar-refractivity contribution in [2.45, 2.75) is 44.6 Å². The molecule has 4 rings (SSSR count). The summed E-state index contributed by atoms with van der Waals surface area (Å²) in [5, 5.41) is 3.02. The first-order valence-electron chi connectivity index (χ1n) is 10.5. The Hall–Kier alpha value is -3.07. The van der Waals surface area contributed by atoms with Gasteiger partial charge in [-0.15, -0.1) is 0 Å². The van der Waals surface area contributed by atoms with Crippen LogP contribution in [0.1, 0.15) is 47.2 Å². The normalized spacial score (nSPS) is 13.9. The average Bonchev–Trinajstić information content (AvgIpc) is 3.28. The van der Waals surface area contributed by atoms with Gasteiger partial charge in [-0.1, -0.05) is 48.5 Å².